The SMILES string of the molecule is CC(C)CC(=O)N1CCCC1c1ncc(-c2ccc(-c3ccc(-c4cnc(C5CCCN5C(=O)C(NC(=O)OC(C)(C)C)C(C)C)[nH]4)c4c3C3CCC3C4)cc2)[nH]1. The molecule has 0 bridgehead atoms. The number of fused-ring (bicyclic) bond motifs is 3. The summed E-state index contributed by atoms with van der Waals surface area (Å²) in [4.78, 5) is 60.4. The molecule has 5 unspecified atom stereocenters. The zero-order valence-electron chi connectivity index (χ0n) is 34.7. The quantitative estimate of drug-likeness (QED) is 0.147. The van der Waals surface area contributed by atoms with Gasteiger partial charge in [-0.05, 0) is 117 Å². The summed E-state index contributed by atoms with van der Waals surface area (Å²) in [5.41, 5.74) is 8.95. The van der Waals surface area contributed by atoms with Crippen LogP contribution < -0.4 is 5.32 Å². The van der Waals surface area contributed by atoms with Crippen LogP contribution in [0.5, 0.6) is 0 Å². The van der Waals surface area contributed by atoms with Gasteiger partial charge in [-0.25, -0.2) is 14.8 Å². The molecular weight excluding hydrogens is 715 g/mol. The molecule has 11 nitrogen and oxygen atoms in total. The van der Waals surface area contributed by atoms with Crippen LogP contribution in [-0.4, -0.2) is 72.4 Å². The lowest BCUT2D eigenvalue weighted by atomic mass is 9.73. The predicted octanol–water partition coefficient (Wildman–Crippen LogP) is 9.11. The second kappa shape index (κ2) is 15.4. The minimum atomic E-state index is -0.693. The van der Waals surface area contributed by atoms with E-state index in [4.69, 9.17) is 14.7 Å². The van der Waals surface area contributed by atoms with Crippen LogP contribution in [0, 0.1) is 17.8 Å². The molecule has 302 valence electrons. The maximum absolute atomic E-state index is 14.0. The number of H-pyrrole nitrogens is 2. The Morgan fingerprint density at radius 1 is 0.807 bits per heavy atom. The molecule has 11 heteroatoms. The summed E-state index contributed by atoms with van der Waals surface area (Å²) < 4.78 is 5.49. The zero-order chi connectivity index (χ0) is 40.2. The number of aromatic nitrogens is 4. The Labute approximate surface area is 336 Å². The van der Waals surface area contributed by atoms with Gasteiger partial charge in [-0.15, -0.1) is 0 Å². The summed E-state index contributed by atoms with van der Waals surface area (Å²) in [6.07, 6.45) is 11.0. The van der Waals surface area contributed by atoms with Crippen LogP contribution in [0.4, 0.5) is 4.79 Å². The van der Waals surface area contributed by atoms with Crippen molar-refractivity contribution in [2.45, 2.75) is 129 Å². The number of ether oxygens (including phenoxy) is 1. The van der Waals surface area contributed by atoms with Gasteiger partial charge < -0.3 is 29.8 Å². The van der Waals surface area contributed by atoms with Crippen molar-refractivity contribution in [2.75, 3.05) is 13.1 Å². The number of alkyl carbamates (subject to hydrolysis) is 1. The number of amides is 3. The molecule has 1 saturated carbocycles. The van der Waals surface area contributed by atoms with E-state index in [1.54, 1.807) is 0 Å². The van der Waals surface area contributed by atoms with Crippen LogP contribution in [0.2, 0.25) is 0 Å². The molecule has 2 aliphatic carbocycles. The van der Waals surface area contributed by atoms with Gasteiger partial charge >= 0.3 is 6.09 Å². The van der Waals surface area contributed by atoms with Crippen LogP contribution in [0.25, 0.3) is 33.6 Å². The molecule has 5 atom stereocenters. The fourth-order valence-electron chi connectivity index (χ4n) is 9.65. The molecule has 0 spiro atoms. The van der Waals surface area contributed by atoms with Gasteiger partial charge in [-0.1, -0.05) is 64.1 Å². The number of imidazole rings is 2. The number of aromatic amines is 2. The summed E-state index contributed by atoms with van der Waals surface area (Å²) >= 11 is 0. The lowest BCUT2D eigenvalue weighted by Crippen LogP contribution is -2.52. The normalized spacial score (nSPS) is 22.1. The van der Waals surface area contributed by atoms with Crippen LogP contribution in [0.15, 0.2) is 48.8 Å². The fraction of sp³-hybridized carbons (Fsp3) is 0.543. The number of likely N-dealkylation sites (tertiary alicyclic amines) is 2. The first-order valence-electron chi connectivity index (χ1n) is 21.2. The first kappa shape index (κ1) is 38.9. The Bertz CT molecular complexity index is 2130. The van der Waals surface area contributed by atoms with Crippen LogP contribution in [0.1, 0.15) is 134 Å². The third kappa shape index (κ3) is 7.74. The molecule has 4 aliphatic rings. The Kier molecular flexibility index (Phi) is 10.5. The lowest BCUT2D eigenvalue weighted by Gasteiger charge is -2.31. The molecule has 2 aromatic carbocycles. The number of nitrogens with one attached hydrogen (secondary N) is 3. The van der Waals surface area contributed by atoms with Crippen LogP contribution in [0.3, 0.4) is 0 Å². The van der Waals surface area contributed by atoms with Crippen molar-refractivity contribution in [3.8, 4) is 33.6 Å². The van der Waals surface area contributed by atoms with Crippen molar-refractivity contribution in [1.29, 1.82) is 0 Å². The van der Waals surface area contributed by atoms with Crippen molar-refractivity contribution in [3.05, 3.63) is 71.6 Å². The topological polar surface area (TPSA) is 136 Å². The highest BCUT2D eigenvalue weighted by molar-refractivity contribution is 5.86. The Balaban J connectivity index is 1.01. The number of benzene rings is 2. The van der Waals surface area contributed by atoms with Crippen molar-refractivity contribution in [1.82, 2.24) is 35.1 Å². The van der Waals surface area contributed by atoms with Gasteiger partial charge in [-0.2, -0.15) is 0 Å². The number of carbonyl (C=O) groups is 3. The Hall–Kier alpha value is -4.93. The van der Waals surface area contributed by atoms with Crippen LogP contribution in [-0.2, 0) is 20.7 Å². The highest BCUT2D eigenvalue weighted by Gasteiger charge is 2.43. The number of rotatable bonds is 10. The number of carbonyl (C=O) groups excluding carboxylic acids is 3. The number of hydrogen-bond acceptors (Lipinski definition) is 6. The highest BCUT2D eigenvalue weighted by atomic mass is 16.6. The molecule has 57 heavy (non-hydrogen) atoms. The van der Waals surface area contributed by atoms with Crippen molar-refractivity contribution in [3.63, 3.8) is 0 Å². The molecule has 4 heterocycles. The molecule has 2 saturated heterocycles. The van der Waals surface area contributed by atoms with Gasteiger partial charge in [0.05, 0.1) is 35.9 Å². The maximum Gasteiger partial charge on any atom is 0.408 e. The average Bonchev–Trinajstić information content (AvgIpc) is 3.99. The van der Waals surface area contributed by atoms with E-state index in [1.807, 2.05) is 56.8 Å². The molecule has 0 radical (unpaired) electrons. The van der Waals surface area contributed by atoms with Gasteiger partial charge in [0.15, 0.2) is 0 Å². The first-order valence-corrected chi connectivity index (χ1v) is 21.2. The van der Waals surface area contributed by atoms with Crippen molar-refractivity contribution >= 4 is 17.9 Å². The van der Waals surface area contributed by atoms with E-state index >= 15 is 0 Å². The largest absolute Gasteiger partial charge is 0.444 e. The summed E-state index contributed by atoms with van der Waals surface area (Å²) in [5.74, 6) is 3.23. The lowest BCUT2D eigenvalue weighted by molar-refractivity contribution is -0.135. The number of hydrogen-bond donors (Lipinski definition) is 3. The van der Waals surface area contributed by atoms with Gasteiger partial charge in [0.2, 0.25) is 11.8 Å². The van der Waals surface area contributed by atoms with E-state index in [0.717, 1.165) is 67.2 Å². The van der Waals surface area contributed by atoms with E-state index in [2.05, 4.69) is 65.5 Å². The summed E-state index contributed by atoms with van der Waals surface area (Å²) in [7, 11) is 0. The second-order valence-electron chi connectivity index (χ2n) is 18.5. The predicted molar refractivity (Wildman–Crippen MR) is 221 cm³/mol. The van der Waals surface area contributed by atoms with E-state index in [1.165, 1.54) is 40.7 Å². The van der Waals surface area contributed by atoms with Gasteiger partial charge in [0.1, 0.15) is 23.3 Å². The van der Waals surface area contributed by atoms with Gasteiger partial charge in [-0.3, -0.25) is 9.59 Å². The summed E-state index contributed by atoms with van der Waals surface area (Å²) in [6, 6.07) is 12.5. The molecule has 3 amide bonds. The van der Waals surface area contributed by atoms with Gasteiger partial charge in [0, 0.05) is 25.1 Å². The van der Waals surface area contributed by atoms with E-state index in [-0.39, 0.29) is 29.8 Å². The summed E-state index contributed by atoms with van der Waals surface area (Å²) in [6.45, 7) is 14.9. The minimum Gasteiger partial charge on any atom is -0.444 e. The van der Waals surface area contributed by atoms with E-state index < -0.39 is 17.7 Å². The van der Waals surface area contributed by atoms with Crippen LogP contribution >= 0.6 is 0 Å². The smallest absolute Gasteiger partial charge is 0.408 e. The second-order valence-corrected chi connectivity index (χ2v) is 18.5. The maximum atomic E-state index is 14.0. The van der Waals surface area contributed by atoms with E-state index in [9.17, 15) is 14.4 Å². The fourth-order valence-corrected chi connectivity index (χ4v) is 9.65. The first-order chi connectivity index (χ1) is 27.3. The molecule has 4 aromatic rings. The third-order valence-corrected chi connectivity index (χ3v) is 12.5. The minimum absolute atomic E-state index is 0.0108. The van der Waals surface area contributed by atoms with Gasteiger partial charge in [0.25, 0.3) is 0 Å². The monoisotopic (exact) mass is 773 g/mol. The Morgan fingerprint density at radius 3 is 2.05 bits per heavy atom. The molecule has 2 aromatic heterocycles. The molecular formula is C46H59N7O4. The van der Waals surface area contributed by atoms with Crippen molar-refractivity contribution in [2.24, 2.45) is 17.8 Å². The molecule has 3 N–H and O–H groups in total. The molecule has 3 fully saturated rings. The Morgan fingerprint density at radius 2 is 1.42 bits per heavy atom. The highest BCUT2D eigenvalue weighted by Crippen LogP contribution is 2.56. The van der Waals surface area contributed by atoms with Crippen molar-refractivity contribution < 1.29 is 19.1 Å². The third-order valence-electron chi connectivity index (χ3n) is 12.5. The molecule has 2 aliphatic heterocycles. The number of nitrogens with zero attached hydrogens (tertiary/aromatic N) is 4. The summed E-state index contributed by atoms with van der Waals surface area (Å²) in [5, 5.41) is 2.85. The van der Waals surface area contributed by atoms with E-state index in [0.29, 0.717) is 30.7 Å². The zero-order valence-corrected chi connectivity index (χ0v) is 34.7. The average molecular weight is 774 g/mol. The standard InChI is InChI=1S/C46H59N7O4/c1-26(2)22-39(54)52-20-8-10-37(52)42-47-24-35(49-42)29-14-12-28(13-15-29)31-18-19-33(34-23-30-16-17-32(30)40(31)34)36-25-48-43(50-36)38-11-9-21-53(38)44(55)41(27(3)4)51-45(56)57-46(5,6)7/h12-15,18-19,24-27,30,32,37-38,41H,8-11,16-17,20-23H2,1-7H3,(H,47,49)(H,48,50)(H,51,56). The molecule has 8 rings (SSSR count).